The highest BCUT2D eigenvalue weighted by molar-refractivity contribution is 5.96. The van der Waals surface area contributed by atoms with Gasteiger partial charge >= 0.3 is 6.03 Å². The molecule has 0 unspecified atom stereocenters. The van der Waals surface area contributed by atoms with Gasteiger partial charge in [-0.25, -0.2) is 4.79 Å². The summed E-state index contributed by atoms with van der Waals surface area (Å²) in [5, 5.41) is 0. The molecule has 31 heavy (non-hydrogen) atoms. The largest absolute Gasteiger partial charge is 0.497 e. The van der Waals surface area contributed by atoms with Crippen molar-refractivity contribution < 1.29 is 19.1 Å². The van der Waals surface area contributed by atoms with Crippen LogP contribution in [0.15, 0.2) is 48.5 Å². The molecular weight excluding hydrogens is 396 g/mol. The fourth-order valence-corrected chi connectivity index (χ4v) is 4.00. The van der Waals surface area contributed by atoms with Crippen LogP contribution in [0.4, 0.5) is 16.2 Å². The van der Waals surface area contributed by atoms with Crippen LogP contribution in [-0.4, -0.2) is 81.8 Å². The van der Waals surface area contributed by atoms with E-state index >= 15 is 0 Å². The molecule has 3 amide bonds. The lowest BCUT2D eigenvalue weighted by molar-refractivity contribution is -0.131. The summed E-state index contributed by atoms with van der Waals surface area (Å²) in [5.74, 6) is 1.58. The molecule has 2 heterocycles. The van der Waals surface area contributed by atoms with Gasteiger partial charge in [0.05, 0.1) is 14.2 Å². The van der Waals surface area contributed by atoms with E-state index in [9.17, 15) is 9.59 Å². The SMILES string of the molecule is COc1ccc(N2CCN(C(=O)CN3CCN(c4ccc(OC)cc4)C3=O)CC2)cc1. The lowest BCUT2D eigenvalue weighted by Gasteiger charge is -2.36. The Kier molecular flexibility index (Phi) is 6.16. The molecule has 0 aromatic heterocycles. The van der Waals surface area contributed by atoms with Gasteiger partial charge in [-0.1, -0.05) is 0 Å². The molecule has 0 bridgehead atoms. The number of anilines is 2. The Morgan fingerprint density at radius 2 is 1.32 bits per heavy atom. The second kappa shape index (κ2) is 9.16. The van der Waals surface area contributed by atoms with Crippen molar-refractivity contribution in [3.05, 3.63) is 48.5 Å². The first kappa shape index (κ1) is 20.8. The lowest BCUT2D eigenvalue weighted by atomic mass is 10.2. The first-order valence-corrected chi connectivity index (χ1v) is 10.5. The lowest BCUT2D eigenvalue weighted by Crippen LogP contribution is -2.51. The van der Waals surface area contributed by atoms with Crippen molar-refractivity contribution in [3.8, 4) is 11.5 Å². The van der Waals surface area contributed by atoms with E-state index in [0.29, 0.717) is 26.2 Å². The summed E-state index contributed by atoms with van der Waals surface area (Å²) in [6, 6.07) is 15.2. The molecule has 0 N–H and O–H groups in total. The van der Waals surface area contributed by atoms with Gasteiger partial charge in [0, 0.05) is 50.6 Å². The molecule has 4 rings (SSSR count). The van der Waals surface area contributed by atoms with Crippen LogP contribution in [0.3, 0.4) is 0 Å². The maximum Gasteiger partial charge on any atom is 0.325 e. The number of hydrogen-bond donors (Lipinski definition) is 0. The molecule has 2 aromatic carbocycles. The molecular formula is C23H28N4O4. The number of carbonyl (C=O) groups is 2. The van der Waals surface area contributed by atoms with E-state index < -0.39 is 0 Å². The van der Waals surface area contributed by atoms with Crippen molar-refractivity contribution in [2.24, 2.45) is 0 Å². The van der Waals surface area contributed by atoms with Crippen LogP contribution < -0.4 is 19.3 Å². The highest BCUT2D eigenvalue weighted by Gasteiger charge is 2.32. The predicted molar refractivity (Wildman–Crippen MR) is 119 cm³/mol. The first-order valence-electron chi connectivity index (χ1n) is 10.5. The first-order chi connectivity index (χ1) is 15.1. The van der Waals surface area contributed by atoms with Crippen LogP contribution in [0.5, 0.6) is 11.5 Å². The number of carbonyl (C=O) groups excluding carboxylic acids is 2. The highest BCUT2D eigenvalue weighted by atomic mass is 16.5. The maximum atomic E-state index is 12.8. The molecule has 0 spiro atoms. The molecule has 0 aliphatic carbocycles. The number of amides is 3. The third-order valence-electron chi connectivity index (χ3n) is 5.88. The van der Waals surface area contributed by atoms with Gasteiger partial charge in [0.1, 0.15) is 18.0 Å². The molecule has 8 nitrogen and oxygen atoms in total. The van der Waals surface area contributed by atoms with Crippen molar-refractivity contribution in [1.82, 2.24) is 9.80 Å². The van der Waals surface area contributed by atoms with Gasteiger partial charge in [-0.2, -0.15) is 0 Å². The molecule has 2 saturated heterocycles. The Labute approximate surface area is 182 Å². The average Bonchev–Trinajstić information content (AvgIpc) is 3.19. The second-order valence-electron chi connectivity index (χ2n) is 7.62. The zero-order valence-corrected chi connectivity index (χ0v) is 18.0. The van der Waals surface area contributed by atoms with Crippen molar-refractivity contribution in [3.63, 3.8) is 0 Å². The normalized spacial score (nSPS) is 16.6. The van der Waals surface area contributed by atoms with Crippen LogP contribution in [0.25, 0.3) is 0 Å². The summed E-state index contributed by atoms with van der Waals surface area (Å²) in [6.45, 7) is 4.07. The summed E-state index contributed by atoms with van der Waals surface area (Å²) >= 11 is 0. The van der Waals surface area contributed by atoms with E-state index in [1.807, 2.05) is 53.4 Å². The van der Waals surface area contributed by atoms with Crippen molar-refractivity contribution in [2.75, 3.05) is 69.8 Å². The minimum Gasteiger partial charge on any atom is -0.497 e. The Morgan fingerprint density at radius 1 is 0.774 bits per heavy atom. The standard InChI is InChI=1S/C23H28N4O4/c1-30-20-7-3-18(4-8-20)24-11-13-25(14-12-24)22(28)17-26-15-16-27(23(26)29)19-5-9-21(31-2)10-6-19/h3-10H,11-17H2,1-2H3. The molecule has 8 heteroatoms. The number of benzene rings is 2. The molecule has 0 saturated carbocycles. The minimum atomic E-state index is -0.129. The van der Waals surface area contributed by atoms with E-state index in [0.717, 1.165) is 36.0 Å². The smallest absolute Gasteiger partial charge is 0.325 e. The average molecular weight is 425 g/mol. The topological polar surface area (TPSA) is 65.6 Å². The third-order valence-corrected chi connectivity index (χ3v) is 5.88. The Bertz CT molecular complexity index is 908. The number of ether oxygens (including phenoxy) is 2. The van der Waals surface area contributed by atoms with Gasteiger partial charge < -0.3 is 24.2 Å². The molecule has 2 aliphatic heterocycles. The van der Waals surface area contributed by atoms with Gasteiger partial charge in [-0.05, 0) is 48.5 Å². The zero-order chi connectivity index (χ0) is 21.8. The van der Waals surface area contributed by atoms with Gasteiger partial charge in [-0.15, -0.1) is 0 Å². The van der Waals surface area contributed by atoms with Crippen molar-refractivity contribution >= 4 is 23.3 Å². The van der Waals surface area contributed by atoms with E-state index in [-0.39, 0.29) is 18.5 Å². The molecule has 164 valence electrons. The van der Waals surface area contributed by atoms with Crippen LogP contribution >= 0.6 is 0 Å². The number of rotatable bonds is 6. The Morgan fingerprint density at radius 3 is 1.87 bits per heavy atom. The van der Waals surface area contributed by atoms with Gasteiger partial charge in [0.25, 0.3) is 0 Å². The molecule has 2 fully saturated rings. The fourth-order valence-electron chi connectivity index (χ4n) is 4.00. The van der Waals surface area contributed by atoms with Gasteiger partial charge in [-0.3, -0.25) is 9.69 Å². The Balaban J connectivity index is 1.29. The monoisotopic (exact) mass is 424 g/mol. The minimum absolute atomic E-state index is 0.000637. The predicted octanol–water partition coefficient (Wildman–Crippen LogP) is 2.29. The van der Waals surface area contributed by atoms with Crippen LogP contribution in [-0.2, 0) is 4.79 Å². The molecule has 2 aromatic rings. The maximum absolute atomic E-state index is 12.8. The van der Waals surface area contributed by atoms with E-state index in [1.54, 1.807) is 24.0 Å². The number of urea groups is 1. The molecule has 2 aliphatic rings. The summed E-state index contributed by atoms with van der Waals surface area (Å²) < 4.78 is 10.4. The summed E-state index contributed by atoms with van der Waals surface area (Å²) in [7, 11) is 3.26. The van der Waals surface area contributed by atoms with E-state index in [4.69, 9.17) is 9.47 Å². The number of methoxy groups -OCH3 is 2. The highest BCUT2D eigenvalue weighted by Crippen LogP contribution is 2.24. The fraction of sp³-hybridized carbons (Fsp3) is 0.391. The van der Waals surface area contributed by atoms with Crippen LogP contribution in [0, 0.1) is 0 Å². The van der Waals surface area contributed by atoms with Gasteiger partial charge in [0.15, 0.2) is 0 Å². The number of piperazine rings is 1. The second-order valence-corrected chi connectivity index (χ2v) is 7.62. The zero-order valence-electron chi connectivity index (χ0n) is 18.0. The van der Waals surface area contributed by atoms with Crippen molar-refractivity contribution in [2.45, 2.75) is 0 Å². The summed E-state index contributed by atoms with van der Waals surface area (Å²) in [6.07, 6.45) is 0. The number of hydrogen-bond acceptors (Lipinski definition) is 5. The summed E-state index contributed by atoms with van der Waals surface area (Å²) in [4.78, 5) is 33.1. The van der Waals surface area contributed by atoms with E-state index in [1.165, 1.54) is 0 Å². The van der Waals surface area contributed by atoms with Crippen molar-refractivity contribution in [1.29, 1.82) is 0 Å². The molecule has 0 atom stereocenters. The van der Waals surface area contributed by atoms with Gasteiger partial charge in [0.2, 0.25) is 5.91 Å². The summed E-state index contributed by atoms with van der Waals surface area (Å²) in [5.41, 5.74) is 1.94. The third kappa shape index (κ3) is 4.52. The van der Waals surface area contributed by atoms with Crippen LogP contribution in [0.2, 0.25) is 0 Å². The van der Waals surface area contributed by atoms with Crippen LogP contribution in [0.1, 0.15) is 0 Å². The number of nitrogens with zero attached hydrogens (tertiary/aromatic N) is 4. The molecule has 0 radical (unpaired) electrons. The Hall–Kier alpha value is -3.42. The quantitative estimate of drug-likeness (QED) is 0.712. The van der Waals surface area contributed by atoms with E-state index in [2.05, 4.69) is 4.90 Å².